The lowest BCUT2D eigenvalue weighted by Crippen LogP contribution is -2.25. The van der Waals surface area contributed by atoms with Crippen LogP contribution in [0.15, 0.2) is 45.8 Å². The van der Waals surface area contributed by atoms with Crippen molar-refractivity contribution in [3.63, 3.8) is 0 Å². The van der Waals surface area contributed by atoms with Gasteiger partial charge < -0.3 is 14.2 Å². The van der Waals surface area contributed by atoms with Crippen molar-refractivity contribution in [2.45, 2.75) is 17.8 Å². The molecule has 0 fully saturated rings. The minimum Gasteiger partial charge on any atom is -0.497 e. The molecule has 0 aliphatic heterocycles. The molecule has 1 N–H and O–H groups in total. The van der Waals surface area contributed by atoms with Gasteiger partial charge in [0, 0.05) is 17.1 Å². The first kappa shape index (κ1) is 21.3. The van der Waals surface area contributed by atoms with Crippen LogP contribution in [0.1, 0.15) is 5.56 Å². The van der Waals surface area contributed by atoms with E-state index in [0.29, 0.717) is 17.1 Å². The first-order valence-electron chi connectivity index (χ1n) is 7.31. The number of hydrogen-bond acceptors (Lipinski definition) is 5. The number of alkyl halides is 3. The Kier molecular flexibility index (Phi) is 6.60. The number of methoxy groups -OCH3 is 2. The first-order chi connectivity index (χ1) is 12.5. The van der Waals surface area contributed by atoms with Gasteiger partial charge in [-0.25, -0.2) is 13.1 Å². The summed E-state index contributed by atoms with van der Waals surface area (Å²) in [6.07, 6.45) is -5.04. The van der Waals surface area contributed by atoms with E-state index in [2.05, 4.69) is 25.4 Å². The fourth-order valence-corrected chi connectivity index (χ4v) is 3.60. The van der Waals surface area contributed by atoms with Crippen LogP contribution in [0.4, 0.5) is 13.2 Å². The van der Waals surface area contributed by atoms with E-state index >= 15 is 0 Å². The number of sulfonamides is 1. The maximum absolute atomic E-state index is 12.6. The highest BCUT2D eigenvalue weighted by atomic mass is 79.9. The number of rotatable bonds is 7. The Labute approximate surface area is 162 Å². The van der Waals surface area contributed by atoms with Crippen LogP contribution in [0, 0.1) is 0 Å². The van der Waals surface area contributed by atoms with Gasteiger partial charge >= 0.3 is 6.36 Å². The van der Waals surface area contributed by atoms with Crippen LogP contribution in [0.2, 0.25) is 0 Å². The smallest absolute Gasteiger partial charge is 0.497 e. The molecule has 148 valence electrons. The molecule has 0 radical (unpaired) electrons. The molecule has 0 heterocycles. The van der Waals surface area contributed by atoms with E-state index in [1.165, 1.54) is 20.3 Å². The van der Waals surface area contributed by atoms with Crippen molar-refractivity contribution in [2.24, 2.45) is 0 Å². The third-order valence-corrected chi connectivity index (χ3v) is 5.23. The second-order valence-electron chi connectivity index (χ2n) is 5.18. The van der Waals surface area contributed by atoms with E-state index in [0.717, 1.165) is 12.1 Å². The van der Waals surface area contributed by atoms with E-state index in [4.69, 9.17) is 9.47 Å². The van der Waals surface area contributed by atoms with E-state index in [-0.39, 0.29) is 11.0 Å². The lowest BCUT2D eigenvalue weighted by Gasteiger charge is -2.15. The summed E-state index contributed by atoms with van der Waals surface area (Å²) in [5.41, 5.74) is 0.491. The predicted octanol–water partition coefficient (Wildman–Crippen LogP) is 3.84. The van der Waals surface area contributed by atoms with Crippen LogP contribution < -0.4 is 18.9 Å². The van der Waals surface area contributed by atoms with E-state index < -0.39 is 27.0 Å². The van der Waals surface area contributed by atoms with Crippen LogP contribution >= 0.6 is 15.9 Å². The second-order valence-corrected chi connectivity index (χ2v) is 7.84. The lowest BCUT2D eigenvalue weighted by molar-refractivity contribution is -0.275. The zero-order chi connectivity index (χ0) is 20.2. The number of hydrogen-bond donors (Lipinski definition) is 1. The van der Waals surface area contributed by atoms with Crippen molar-refractivity contribution in [3.05, 3.63) is 46.4 Å². The molecular weight excluding hydrogens is 455 g/mol. The SMILES string of the molecule is COc1cc(CNS(=O)(=O)c2ccc(Br)cc2OC(F)(F)F)cc(OC)c1. The summed E-state index contributed by atoms with van der Waals surface area (Å²) >= 11 is 2.99. The highest BCUT2D eigenvalue weighted by molar-refractivity contribution is 9.10. The second kappa shape index (κ2) is 8.36. The van der Waals surface area contributed by atoms with Crippen LogP contribution in [-0.2, 0) is 16.6 Å². The van der Waals surface area contributed by atoms with E-state index in [9.17, 15) is 21.6 Å². The predicted molar refractivity (Wildman–Crippen MR) is 94.4 cm³/mol. The highest BCUT2D eigenvalue weighted by Gasteiger charge is 2.34. The molecule has 11 heteroatoms. The lowest BCUT2D eigenvalue weighted by atomic mass is 10.2. The van der Waals surface area contributed by atoms with Gasteiger partial charge in [-0.3, -0.25) is 0 Å². The van der Waals surface area contributed by atoms with Gasteiger partial charge in [-0.05, 0) is 35.9 Å². The minimum absolute atomic E-state index is 0.197. The molecule has 0 bridgehead atoms. The van der Waals surface area contributed by atoms with Gasteiger partial charge in [0.1, 0.15) is 16.4 Å². The molecule has 2 rings (SSSR count). The average Bonchev–Trinajstić information content (AvgIpc) is 2.58. The molecule has 0 saturated carbocycles. The average molecular weight is 470 g/mol. The molecule has 0 saturated heterocycles. The number of halogens is 4. The van der Waals surface area contributed by atoms with Crippen LogP contribution in [0.3, 0.4) is 0 Å². The molecule has 0 aliphatic rings. The zero-order valence-electron chi connectivity index (χ0n) is 14.1. The quantitative estimate of drug-likeness (QED) is 0.666. The Bertz CT molecular complexity index is 897. The van der Waals surface area contributed by atoms with Crippen molar-refractivity contribution in [1.29, 1.82) is 0 Å². The summed E-state index contributed by atoms with van der Waals surface area (Å²) in [7, 11) is -1.42. The zero-order valence-corrected chi connectivity index (χ0v) is 16.5. The Hall–Kier alpha value is -1.98. The highest BCUT2D eigenvalue weighted by Crippen LogP contribution is 2.32. The molecule has 0 unspecified atom stereocenters. The largest absolute Gasteiger partial charge is 0.573 e. The molecule has 0 aromatic heterocycles. The maximum Gasteiger partial charge on any atom is 0.573 e. The number of benzene rings is 2. The summed E-state index contributed by atoms with van der Waals surface area (Å²) in [6, 6.07) is 7.98. The summed E-state index contributed by atoms with van der Waals surface area (Å²) in [4.78, 5) is -0.641. The van der Waals surface area contributed by atoms with Crippen molar-refractivity contribution in [1.82, 2.24) is 4.72 Å². The molecule has 6 nitrogen and oxygen atoms in total. The standard InChI is InChI=1S/C16H15BrF3NO5S/c1-24-12-5-10(6-13(8-12)25-2)9-21-27(22,23)15-4-3-11(17)7-14(15)26-16(18,19)20/h3-8,21H,9H2,1-2H3. The topological polar surface area (TPSA) is 73.9 Å². The first-order valence-corrected chi connectivity index (χ1v) is 9.58. The fourth-order valence-electron chi connectivity index (χ4n) is 2.13. The number of ether oxygens (including phenoxy) is 3. The molecule has 0 amide bonds. The van der Waals surface area contributed by atoms with E-state index in [1.807, 2.05) is 0 Å². The summed E-state index contributed by atoms with van der Waals surface area (Å²) in [5.74, 6) is 0.0363. The summed E-state index contributed by atoms with van der Waals surface area (Å²) < 4.78 is 79.2. The van der Waals surface area contributed by atoms with Gasteiger partial charge in [-0.2, -0.15) is 0 Å². The maximum atomic E-state index is 12.6. The number of nitrogens with one attached hydrogen (secondary N) is 1. The Morgan fingerprint density at radius 3 is 2.15 bits per heavy atom. The Balaban J connectivity index is 2.30. The van der Waals surface area contributed by atoms with E-state index in [1.54, 1.807) is 18.2 Å². The molecule has 2 aromatic carbocycles. The van der Waals surface area contributed by atoms with Crippen molar-refractivity contribution in [2.75, 3.05) is 14.2 Å². The van der Waals surface area contributed by atoms with Crippen molar-refractivity contribution >= 4 is 26.0 Å². The Morgan fingerprint density at radius 2 is 1.63 bits per heavy atom. The fraction of sp³-hybridized carbons (Fsp3) is 0.250. The molecule has 0 atom stereocenters. The molecule has 2 aromatic rings. The molecule has 0 spiro atoms. The van der Waals surface area contributed by atoms with Gasteiger partial charge in [-0.1, -0.05) is 15.9 Å². The van der Waals surface area contributed by atoms with Crippen molar-refractivity contribution in [3.8, 4) is 17.2 Å². The van der Waals surface area contributed by atoms with Gasteiger partial charge in [0.2, 0.25) is 10.0 Å². The van der Waals surface area contributed by atoms with Gasteiger partial charge in [-0.15, -0.1) is 13.2 Å². The summed E-state index contributed by atoms with van der Waals surface area (Å²) in [5, 5.41) is 0. The van der Waals surface area contributed by atoms with Crippen LogP contribution in [0.5, 0.6) is 17.2 Å². The Morgan fingerprint density at radius 1 is 1.04 bits per heavy atom. The molecular formula is C16H15BrF3NO5S. The van der Waals surface area contributed by atoms with Crippen LogP contribution in [0.25, 0.3) is 0 Å². The molecule has 27 heavy (non-hydrogen) atoms. The molecule has 0 aliphatic carbocycles. The van der Waals surface area contributed by atoms with Crippen molar-refractivity contribution < 1.29 is 35.8 Å². The third kappa shape index (κ3) is 6.01. The minimum atomic E-state index is -5.04. The van der Waals surface area contributed by atoms with Gasteiger partial charge in [0.05, 0.1) is 14.2 Å². The normalized spacial score (nSPS) is 11.9. The van der Waals surface area contributed by atoms with Gasteiger partial charge in [0.15, 0.2) is 5.75 Å². The monoisotopic (exact) mass is 469 g/mol. The summed E-state index contributed by atoms with van der Waals surface area (Å²) in [6.45, 7) is -0.197. The van der Waals surface area contributed by atoms with Crippen LogP contribution in [-0.4, -0.2) is 29.0 Å². The van der Waals surface area contributed by atoms with Gasteiger partial charge in [0.25, 0.3) is 0 Å². The third-order valence-electron chi connectivity index (χ3n) is 3.30.